The van der Waals surface area contributed by atoms with E-state index in [1.807, 2.05) is 18.2 Å². The van der Waals surface area contributed by atoms with Crippen LogP contribution in [0, 0.1) is 11.3 Å². The van der Waals surface area contributed by atoms with Crippen molar-refractivity contribution < 1.29 is 0 Å². The average Bonchev–Trinajstić information content (AvgIpc) is 2.36. The summed E-state index contributed by atoms with van der Waals surface area (Å²) in [6, 6.07) is 7.85. The summed E-state index contributed by atoms with van der Waals surface area (Å²) in [4.78, 5) is 2.22. The van der Waals surface area contributed by atoms with Crippen molar-refractivity contribution >= 4 is 27.5 Å². The third-order valence-electron chi connectivity index (χ3n) is 3.13. The summed E-state index contributed by atoms with van der Waals surface area (Å²) in [5, 5.41) is 10.1. The highest BCUT2D eigenvalue weighted by Crippen LogP contribution is 2.31. The second kappa shape index (κ2) is 5.86. The Morgan fingerprint density at radius 2 is 2.00 bits per heavy atom. The zero-order valence-electron chi connectivity index (χ0n) is 9.50. The number of hydrogen-bond donors (Lipinski definition) is 0. The molecule has 1 aliphatic heterocycles. The highest BCUT2D eigenvalue weighted by Gasteiger charge is 2.23. The molecule has 0 saturated carbocycles. The average molecular weight is 314 g/mol. The molecule has 2 rings (SSSR count). The van der Waals surface area contributed by atoms with Gasteiger partial charge in [-0.1, -0.05) is 34.0 Å². The summed E-state index contributed by atoms with van der Waals surface area (Å²) in [7, 11) is 0. The molecular weight excluding hydrogens is 300 g/mol. The van der Waals surface area contributed by atoms with Crippen molar-refractivity contribution in [3.05, 3.63) is 33.3 Å². The van der Waals surface area contributed by atoms with E-state index in [1.54, 1.807) is 0 Å². The number of likely N-dealkylation sites (tertiary alicyclic amines) is 1. The quantitative estimate of drug-likeness (QED) is 0.820. The first kappa shape index (κ1) is 12.9. The summed E-state index contributed by atoms with van der Waals surface area (Å²) >= 11 is 9.62. The Labute approximate surface area is 115 Å². The van der Waals surface area contributed by atoms with E-state index >= 15 is 0 Å². The molecule has 0 aromatic heterocycles. The van der Waals surface area contributed by atoms with Crippen LogP contribution in [-0.2, 0) is 0 Å². The molecule has 0 spiro atoms. The van der Waals surface area contributed by atoms with Crippen molar-refractivity contribution in [2.75, 3.05) is 13.1 Å². The maximum Gasteiger partial charge on any atom is 0.125 e. The first-order valence-electron chi connectivity index (χ1n) is 5.81. The van der Waals surface area contributed by atoms with E-state index in [2.05, 4.69) is 26.9 Å². The van der Waals surface area contributed by atoms with Gasteiger partial charge in [-0.05, 0) is 44.1 Å². The molecule has 1 heterocycles. The molecule has 0 aliphatic carbocycles. The maximum absolute atomic E-state index is 9.38. The lowest BCUT2D eigenvalue weighted by Crippen LogP contribution is -2.33. The number of nitriles is 1. The van der Waals surface area contributed by atoms with Gasteiger partial charge in [-0.25, -0.2) is 0 Å². The van der Waals surface area contributed by atoms with Crippen molar-refractivity contribution in [2.24, 2.45) is 0 Å². The fraction of sp³-hybridized carbons (Fsp3) is 0.462. The Hall–Kier alpha value is -0.560. The molecule has 1 atom stereocenters. The normalized spacial score (nSPS) is 18.6. The minimum Gasteiger partial charge on any atom is -0.284 e. The molecule has 1 fully saturated rings. The first-order valence-corrected chi connectivity index (χ1v) is 6.98. The van der Waals surface area contributed by atoms with E-state index in [0.717, 1.165) is 23.1 Å². The summed E-state index contributed by atoms with van der Waals surface area (Å²) in [5.74, 6) is 0. The lowest BCUT2D eigenvalue weighted by atomic mass is 10.0. The van der Waals surface area contributed by atoms with Crippen molar-refractivity contribution in [3.63, 3.8) is 0 Å². The molecule has 0 amide bonds. The van der Waals surface area contributed by atoms with E-state index in [-0.39, 0.29) is 6.04 Å². The standard InChI is InChI=1S/C13H14BrClN2/c14-10-4-5-12(15)11(8-10)13(9-16)17-6-2-1-3-7-17/h4-5,8,13H,1-3,6-7H2. The van der Waals surface area contributed by atoms with Gasteiger partial charge in [0.15, 0.2) is 0 Å². The van der Waals surface area contributed by atoms with Crippen LogP contribution in [0.3, 0.4) is 0 Å². The Balaban J connectivity index is 2.28. The minimum atomic E-state index is -0.222. The molecule has 1 saturated heterocycles. The topological polar surface area (TPSA) is 27.0 Å². The monoisotopic (exact) mass is 312 g/mol. The van der Waals surface area contributed by atoms with Gasteiger partial charge in [-0.2, -0.15) is 5.26 Å². The maximum atomic E-state index is 9.38. The summed E-state index contributed by atoms with van der Waals surface area (Å²) < 4.78 is 0.967. The fourth-order valence-corrected chi connectivity index (χ4v) is 2.85. The zero-order valence-corrected chi connectivity index (χ0v) is 11.8. The zero-order chi connectivity index (χ0) is 12.3. The predicted molar refractivity (Wildman–Crippen MR) is 72.9 cm³/mol. The molecule has 1 unspecified atom stereocenters. The Morgan fingerprint density at radius 1 is 1.29 bits per heavy atom. The van der Waals surface area contributed by atoms with Crippen LogP contribution in [-0.4, -0.2) is 18.0 Å². The number of benzene rings is 1. The number of halogens is 2. The van der Waals surface area contributed by atoms with E-state index in [1.165, 1.54) is 19.3 Å². The van der Waals surface area contributed by atoms with E-state index in [9.17, 15) is 5.26 Å². The summed E-state index contributed by atoms with van der Waals surface area (Å²) in [6.07, 6.45) is 3.61. The van der Waals surface area contributed by atoms with E-state index in [0.29, 0.717) is 5.02 Å². The van der Waals surface area contributed by atoms with Gasteiger partial charge in [0.25, 0.3) is 0 Å². The molecule has 90 valence electrons. The van der Waals surface area contributed by atoms with Crippen molar-refractivity contribution in [3.8, 4) is 6.07 Å². The second-order valence-corrected chi connectivity index (χ2v) is 5.62. The Morgan fingerprint density at radius 3 is 2.65 bits per heavy atom. The smallest absolute Gasteiger partial charge is 0.125 e. The van der Waals surface area contributed by atoms with Crippen molar-refractivity contribution in [1.29, 1.82) is 5.26 Å². The van der Waals surface area contributed by atoms with Gasteiger partial charge in [0.05, 0.1) is 6.07 Å². The van der Waals surface area contributed by atoms with Gasteiger partial charge >= 0.3 is 0 Å². The van der Waals surface area contributed by atoms with Crippen LogP contribution in [0.2, 0.25) is 5.02 Å². The lowest BCUT2D eigenvalue weighted by Gasteiger charge is -2.31. The molecule has 1 aromatic rings. The van der Waals surface area contributed by atoms with Gasteiger partial charge < -0.3 is 0 Å². The molecule has 4 heteroatoms. The predicted octanol–water partition coefficient (Wildman–Crippen LogP) is 4.15. The minimum absolute atomic E-state index is 0.222. The third-order valence-corrected chi connectivity index (χ3v) is 3.97. The third kappa shape index (κ3) is 3.01. The summed E-state index contributed by atoms with van der Waals surface area (Å²) in [6.45, 7) is 1.97. The SMILES string of the molecule is N#CC(c1cc(Br)ccc1Cl)N1CCCCC1. The van der Waals surface area contributed by atoms with Crippen LogP contribution in [0.5, 0.6) is 0 Å². The van der Waals surface area contributed by atoms with E-state index in [4.69, 9.17) is 11.6 Å². The van der Waals surface area contributed by atoms with E-state index < -0.39 is 0 Å². The molecule has 0 bridgehead atoms. The molecule has 1 aromatic carbocycles. The lowest BCUT2D eigenvalue weighted by molar-refractivity contribution is 0.196. The molecular formula is C13H14BrClN2. The van der Waals surface area contributed by atoms with Gasteiger partial charge in [-0.15, -0.1) is 0 Å². The number of hydrogen-bond acceptors (Lipinski definition) is 2. The molecule has 17 heavy (non-hydrogen) atoms. The molecule has 0 N–H and O–H groups in total. The first-order chi connectivity index (χ1) is 8.22. The Bertz CT molecular complexity index is 436. The van der Waals surface area contributed by atoms with Crippen LogP contribution in [0.1, 0.15) is 30.9 Å². The number of rotatable bonds is 2. The van der Waals surface area contributed by atoms with Crippen molar-refractivity contribution in [1.82, 2.24) is 4.90 Å². The van der Waals surface area contributed by atoms with Crippen LogP contribution in [0.4, 0.5) is 0 Å². The van der Waals surface area contributed by atoms with Crippen LogP contribution in [0.15, 0.2) is 22.7 Å². The highest BCUT2D eigenvalue weighted by atomic mass is 79.9. The highest BCUT2D eigenvalue weighted by molar-refractivity contribution is 9.10. The summed E-state index contributed by atoms with van der Waals surface area (Å²) in [5.41, 5.74) is 0.908. The van der Waals surface area contributed by atoms with Crippen LogP contribution in [0.25, 0.3) is 0 Å². The largest absolute Gasteiger partial charge is 0.284 e. The molecule has 1 aliphatic rings. The van der Waals surface area contributed by atoms with Crippen molar-refractivity contribution in [2.45, 2.75) is 25.3 Å². The number of piperidine rings is 1. The van der Waals surface area contributed by atoms with Gasteiger partial charge in [0.2, 0.25) is 0 Å². The molecule has 0 radical (unpaired) electrons. The van der Waals surface area contributed by atoms with Gasteiger partial charge in [-0.3, -0.25) is 4.90 Å². The van der Waals surface area contributed by atoms with Crippen LogP contribution >= 0.6 is 27.5 Å². The number of nitrogens with zero attached hydrogens (tertiary/aromatic N) is 2. The second-order valence-electron chi connectivity index (χ2n) is 4.29. The van der Waals surface area contributed by atoms with Crippen LogP contribution < -0.4 is 0 Å². The Kier molecular flexibility index (Phi) is 4.44. The van der Waals surface area contributed by atoms with Gasteiger partial charge in [0.1, 0.15) is 6.04 Å². The fourth-order valence-electron chi connectivity index (χ4n) is 2.25. The van der Waals surface area contributed by atoms with Gasteiger partial charge in [0, 0.05) is 15.1 Å². The molecule has 2 nitrogen and oxygen atoms in total.